The molecule has 0 aliphatic carbocycles. The van der Waals surface area contributed by atoms with Crippen molar-refractivity contribution >= 4 is 56.5 Å². The van der Waals surface area contributed by atoms with Gasteiger partial charge >= 0.3 is 0 Å². The average Bonchev–Trinajstić information content (AvgIpc) is 3.31. The van der Waals surface area contributed by atoms with Gasteiger partial charge < -0.3 is 4.42 Å². The minimum Gasteiger partial charge on any atom is -0.457 e. The minimum atomic E-state index is -0.414. The first-order chi connectivity index (χ1) is 14.5. The maximum Gasteiger partial charge on any atom is 0.293 e. The number of carbonyl (C=O) groups is 2. The fraction of sp³-hybridized carbons (Fsp3) is 0.0455. The molecular weight excluding hydrogens is 488 g/mol. The summed E-state index contributed by atoms with van der Waals surface area (Å²) in [6.07, 6.45) is 1.55. The highest BCUT2D eigenvalue weighted by atomic mass is 79.9. The van der Waals surface area contributed by atoms with Crippen LogP contribution in [0.1, 0.15) is 16.9 Å². The molecule has 148 valence electrons. The number of benzene rings is 2. The first kappa shape index (κ1) is 20.5. The van der Waals surface area contributed by atoms with Gasteiger partial charge in [-0.15, -0.1) is 0 Å². The number of hydrogen-bond donors (Lipinski definition) is 0. The first-order valence-corrected chi connectivity index (χ1v) is 10.7. The van der Waals surface area contributed by atoms with Gasteiger partial charge in [0.2, 0.25) is 0 Å². The van der Waals surface area contributed by atoms with Crippen LogP contribution in [0.3, 0.4) is 0 Å². The van der Waals surface area contributed by atoms with E-state index in [1.54, 1.807) is 48.5 Å². The largest absolute Gasteiger partial charge is 0.457 e. The second-order valence-corrected chi connectivity index (χ2v) is 8.62. The third-order valence-corrected chi connectivity index (χ3v) is 6.58. The monoisotopic (exact) mass is 498 g/mol. The molecule has 1 aromatic heterocycles. The molecule has 1 saturated heterocycles. The molecule has 8 heteroatoms. The maximum atomic E-state index is 12.8. The Kier molecular flexibility index (Phi) is 5.82. The Balaban J connectivity index is 1.56. The van der Waals surface area contributed by atoms with Gasteiger partial charge in [0.1, 0.15) is 11.5 Å². The Bertz CT molecular complexity index is 1250. The Morgan fingerprint density at radius 3 is 2.73 bits per heavy atom. The summed E-state index contributed by atoms with van der Waals surface area (Å²) in [5, 5.41) is 9.40. The van der Waals surface area contributed by atoms with E-state index in [-0.39, 0.29) is 16.7 Å². The van der Waals surface area contributed by atoms with Crippen LogP contribution in [0, 0.1) is 11.3 Å². The molecule has 2 amide bonds. The summed E-state index contributed by atoms with van der Waals surface area (Å²) in [4.78, 5) is 26.5. The molecule has 1 fully saturated rings. The van der Waals surface area contributed by atoms with Crippen molar-refractivity contribution in [1.82, 2.24) is 4.90 Å². The van der Waals surface area contributed by atoms with Gasteiger partial charge in [0.05, 0.1) is 28.1 Å². The van der Waals surface area contributed by atoms with E-state index in [0.29, 0.717) is 27.7 Å². The zero-order valence-corrected chi connectivity index (χ0v) is 18.4. The lowest BCUT2D eigenvalue weighted by molar-refractivity contribution is -0.123. The zero-order valence-electron chi connectivity index (χ0n) is 15.3. The summed E-state index contributed by atoms with van der Waals surface area (Å²) >= 11 is 10.3. The highest BCUT2D eigenvalue weighted by molar-refractivity contribution is 9.10. The van der Waals surface area contributed by atoms with Crippen LogP contribution in [-0.4, -0.2) is 16.0 Å². The number of nitriles is 1. The standard InChI is InChI=1S/C22H12BrClN2O3S/c23-17-7-5-13(9-18(17)24)19-8-6-16(29-19)10-20-21(27)26(22(28)30-20)12-15-4-2-1-3-14(15)11-25/h1-10H,12H2/b20-10+. The number of imide groups is 1. The molecule has 0 atom stereocenters. The predicted octanol–water partition coefficient (Wildman–Crippen LogP) is 6.47. The molecule has 2 aromatic carbocycles. The molecule has 0 bridgehead atoms. The lowest BCUT2D eigenvalue weighted by Gasteiger charge is -2.13. The SMILES string of the molecule is N#Cc1ccccc1CN1C(=O)S/C(=C/c2ccc(-c3ccc(Br)c(Cl)c3)o2)C1=O. The number of amides is 2. The highest BCUT2D eigenvalue weighted by Crippen LogP contribution is 2.35. The molecule has 0 N–H and O–H groups in total. The number of hydrogen-bond acceptors (Lipinski definition) is 5. The van der Waals surface area contributed by atoms with Gasteiger partial charge in [0.15, 0.2) is 0 Å². The fourth-order valence-corrected chi connectivity index (χ4v) is 4.18. The van der Waals surface area contributed by atoms with Crippen LogP contribution in [0.5, 0.6) is 0 Å². The number of rotatable bonds is 4. The van der Waals surface area contributed by atoms with Gasteiger partial charge in [-0.25, -0.2) is 0 Å². The van der Waals surface area contributed by atoms with E-state index in [4.69, 9.17) is 16.0 Å². The summed E-state index contributed by atoms with van der Waals surface area (Å²) < 4.78 is 6.59. The Labute approximate surface area is 190 Å². The third-order valence-electron chi connectivity index (χ3n) is 4.44. The third kappa shape index (κ3) is 4.08. The van der Waals surface area contributed by atoms with Gasteiger partial charge in [-0.3, -0.25) is 14.5 Å². The molecule has 1 aliphatic rings. The molecule has 3 aromatic rings. The molecular formula is C22H12BrClN2O3S. The Morgan fingerprint density at radius 2 is 1.97 bits per heavy atom. The quantitative estimate of drug-likeness (QED) is 0.385. The van der Waals surface area contributed by atoms with Crippen LogP contribution in [0.4, 0.5) is 4.79 Å². The Morgan fingerprint density at radius 1 is 1.17 bits per heavy atom. The molecule has 5 nitrogen and oxygen atoms in total. The highest BCUT2D eigenvalue weighted by Gasteiger charge is 2.35. The van der Waals surface area contributed by atoms with Crippen LogP contribution in [0.25, 0.3) is 17.4 Å². The minimum absolute atomic E-state index is 0.0482. The number of halogens is 2. The second-order valence-electron chi connectivity index (χ2n) is 6.37. The van der Waals surface area contributed by atoms with Crippen molar-refractivity contribution < 1.29 is 14.0 Å². The zero-order chi connectivity index (χ0) is 21.3. The van der Waals surface area contributed by atoms with Gasteiger partial charge in [0, 0.05) is 16.1 Å². The van der Waals surface area contributed by atoms with E-state index in [1.807, 2.05) is 12.1 Å². The molecule has 0 unspecified atom stereocenters. The lowest BCUT2D eigenvalue weighted by atomic mass is 10.1. The van der Waals surface area contributed by atoms with E-state index < -0.39 is 5.91 Å². The van der Waals surface area contributed by atoms with Crippen molar-refractivity contribution in [3.8, 4) is 17.4 Å². The maximum absolute atomic E-state index is 12.8. The summed E-state index contributed by atoms with van der Waals surface area (Å²) in [6, 6.07) is 17.9. The van der Waals surface area contributed by atoms with Crippen LogP contribution >= 0.6 is 39.3 Å². The average molecular weight is 500 g/mol. The van der Waals surface area contributed by atoms with E-state index in [0.717, 1.165) is 26.7 Å². The number of furan rings is 1. The van der Waals surface area contributed by atoms with Crippen LogP contribution in [0.2, 0.25) is 5.02 Å². The number of thioether (sulfide) groups is 1. The number of carbonyl (C=O) groups excluding carboxylic acids is 2. The molecule has 1 aliphatic heterocycles. The van der Waals surface area contributed by atoms with Crippen molar-refractivity contribution in [3.05, 3.63) is 85.9 Å². The van der Waals surface area contributed by atoms with Crippen molar-refractivity contribution in [2.45, 2.75) is 6.54 Å². The molecule has 0 saturated carbocycles. The summed E-state index contributed by atoms with van der Waals surface area (Å²) in [7, 11) is 0. The molecule has 0 radical (unpaired) electrons. The molecule has 2 heterocycles. The van der Waals surface area contributed by atoms with E-state index in [9.17, 15) is 14.9 Å². The van der Waals surface area contributed by atoms with Gasteiger partial charge in [-0.05, 0) is 63.6 Å². The van der Waals surface area contributed by atoms with Gasteiger partial charge in [0.25, 0.3) is 11.1 Å². The first-order valence-electron chi connectivity index (χ1n) is 8.75. The number of nitrogens with zero attached hydrogens (tertiary/aromatic N) is 2. The lowest BCUT2D eigenvalue weighted by Crippen LogP contribution is -2.27. The smallest absolute Gasteiger partial charge is 0.293 e. The fourth-order valence-electron chi connectivity index (χ4n) is 2.94. The topological polar surface area (TPSA) is 74.3 Å². The van der Waals surface area contributed by atoms with Crippen molar-refractivity contribution in [1.29, 1.82) is 5.26 Å². The summed E-state index contributed by atoms with van der Waals surface area (Å²) in [6.45, 7) is 0.0482. The molecule has 0 spiro atoms. The predicted molar refractivity (Wildman–Crippen MR) is 120 cm³/mol. The van der Waals surface area contributed by atoms with Crippen molar-refractivity contribution in [3.63, 3.8) is 0 Å². The van der Waals surface area contributed by atoms with E-state index in [1.165, 1.54) is 0 Å². The molecule has 30 heavy (non-hydrogen) atoms. The Hall–Kier alpha value is -2.79. The van der Waals surface area contributed by atoms with Crippen molar-refractivity contribution in [2.75, 3.05) is 0 Å². The van der Waals surface area contributed by atoms with Crippen molar-refractivity contribution in [2.24, 2.45) is 0 Å². The van der Waals surface area contributed by atoms with Crippen LogP contribution in [0.15, 0.2) is 68.4 Å². The van der Waals surface area contributed by atoms with E-state index >= 15 is 0 Å². The summed E-state index contributed by atoms with van der Waals surface area (Å²) in [5.74, 6) is 0.632. The van der Waals surface area contributed by atoms with Crippen LogP contribution in [-0.2, 0) is 11.3 Å². The summed E-state index contributed by atoms with van der Waals surface area (Å²) in [5.41, 5.74) is 1.85. The normalized spacial score (nSPS) is 15.1. The second kappa shape index (κ2) is 8.52. The molecule has 4 rings (SSSR count). The van der Waals surface area contributed by atoms with Gasteiger partial charge in [-0.2, -0.15) is 5.26 Å². The van der Waals surface area contributed by atoms with E-state index in [2.05, 4.69) is 22.0 Å². The van der Waals surface area contributed by atoms with Gasteiger partial charge in [-0.1, -0.05) is 35.9 Å². The van der Waals surface area contributed by atoms with Crippen LogP contribution < -0.4 is 0 Å².